The number of hydrogen-bond donors (Lipinski definition) is 1. The molecule has 0 bridgehead atoms. The average Bonchev–Trinajstić information content (AvgIpc) is 0.811. The van der Waals surface area contributed by atoms with Crippen molar-refractivity contribution < 1.29 is 20.2 Å². The van der Waals surface area contributed by atoms with Crippen molar-refractivity contribution in [2.75, 3.05) is 0 Å². The van der Waals surface area contributed by atoms with Crippen LogP contribution in [0.4, 0.5) is 0 Å². The van der Waals surface area contributed by atoms with Gasteiger partial charge in [-0.2, -0.15) is 8.60 Å². The minimum atomic E-state index is -3.12. The van der Waals surface area contributed by atoms with E-state index in [4.69, 9.17) is 14.7 Å². The molecule has 0 rings (SSSR count). The molecule has 0 aromatic carbocycles. The molecule has 0 saturated heterocycles. The van der Waals surface area contributed by atoms with Crippen LogP contribution in [0.2, 0.25) is 0 Å². The predicted octanol–water partition coefficient (Wildman–Crippen LogP) is -3.66. The summed E-state index contributed by atoms with van der Waals surface area (Å²) in [5.74, 6) is 0. The van der Waals surface area contributed by atoms with Gasteiger partial charge in [0.25, 0.3) is 0 Å². The first-order valence-corrected chi connectivity index (χ1v) is 1.70. The fourth-order valence-electron chi connectivity index (χ4n) is 0. The third-order valence-corrected chi connectivity index (χ3v) is 0. The minimum absolute atomic E-state index is 0. The Balaban J connectivity index is -0.0000000150. The summed E-state index contributed by atoms with van der Waals surface area (Å²) in [7, 11) is -3.12. The van der Waals surface area contributed by atoms with Crippen molar-refractivity contribution in [1.29, 1.82) is 0 Å². The van der Waals surface area contributed by atoms with Crippen molar-refractivity contribution in [1.82, 2.24) is 0 Å². The van der Waals surface area contributed by atoms with Gasteiger partial charge in [-0.25, -0.2) is 0 Å². The van der Waals surface area contributed by atoms with Gasteiger partial charge in [0.1, 0.15) is 0 Å². The Hall–Kier alpha value is 2.06. The molecule has 3 radical (unpaired) electrons. The fraction of sp³-hybridized carbons (Fsp3) is 0. The van der Waals surface area contributed by atoms with E-state index in [2.05, 4.69) is 0 Å². The quantitative estimate of drug-likeness (QED) is 0.296. The Morgan fingerprint density at radius 2 is 1.29 bits per heavy atom. The molecule has 0 saturated carbocycles. The molecule has 0 spiro atoms. The third-order valence-electron chi connectivity index (χ3n) is 0. The van der Waals surface area contributed by atoms with Crippen molar-refractivity contribution in [3.8, 4) is 0 Å². The minimum Gasteiger partial charge on any atom is -0.820 e. The maximum absolute atomic E-state index is 8.59. The van der Waals surface area contributed by atoms with Crippen LogP contribution in [0, 0.1) is 0 Å². The van der Waals surface area contributed by atoms with Crippen LogP contribution in [0.5, 0.6) is 0 Å². The Kier molecular flexibility index (Phi) is 51.5. The van der Waals surface area contributed by atoms with Crippen molar-refractivity contribution in [2.45, 2.75) is 0 Å². The third kappa shape index (κ3) is 69.7. The molecule has 0 atom stereocenters. The van der Waals surface area contributed by atoms with Crippen molar-refractivity contribution in [3.05, 3.63) is 0 Å². The maximum Gasteiger partial charge on any atom is 2.00 e. The summed E-state index contributed by atoms with van der Waals surface area (Å²) in [4.78, 5) is 24.2. The van der Waals surface area contributed by atoms with Crippen LogP contribution in [-0.4, -0.2) is 65.5 Å². The second kappa shape index (κ2) is 15.7. The first-order valence-electron chi connectivity index (χ1n) is 0.565. The average molecular weight is 165 g/mol. The zero-order chi connectivity index (χ0) is 3.58. The van der Waals surface area contributed by atoms with E-state index in [1.54, 1.807) is 0 Å². The van der Waals surface area contributed by atoms with Gasteiger partial charge in [-0.05, 0) is 0 Å². The molecule has 0 unspecified atom stereocenters. The number of rotatable bonds is 0. The van der Waals surface area contributed by atoms with Gasteiger partial charge in [0.15, 0.2) is 0 Å². The molecule has 3 N–H and O–H groups in total. The van der Waals surface area contributed by atoms with E-state index >= 15 is 0 Å². The normalized spacial score (nSPS) is 5.14. The molecule has 7 heteroatoms. The van der Waals surface area contributed by atoms with Gasteiger partial charge in [0.2, 0.25) is 0 Å². The summed E-state index contributed by atoms with van der Waals surface area (Å²) in [5.41, 5.74) is 0. The smallest absolute Gasteiger partial charge is 0.820 e. The molecule has 4 nitrogen and oxygen atoms in total. The molecular weight excluding hydrogens is 162 g/mol. The van der Waals surface area contributed by atoms with Crippen LogP contribution < -0.4 is 9.79 Å². The van der Waals surface area contributed by atoms with E-state index in [0.717, 1.165) is 0 Å². The van der Waals surface area contributed by atoms with E-state index in [9.17, 15) is 0 Å². The fourth-order valence-corrected chi connectivity index (χ4v) is 0. The summed E-state index contributed by atoms with van der Waals surface area (Å²) < 4.78 is 0. The topological polar surface area (TPSA) is 97.9 Å². The SMILES string of the molecule is O.[Al].[Ca+2].[O-]P([O-])O. The summed E-state index contributed by atoms with van der Waals surface area (Å²) in [6.45, 7) is 0. The summed E-state index contributed by atoms with van der Waals surface area (Å²) in [5, 5.41) is 0. The monoisotopic (exact) mass is 165 g/mol. The molecule has 0 amide bonds. The Labute approximate surface area is 83.0 Å². The van der Waals surface area contributed by atoms with Crippen LogP contribution in [0.3, 0.4) is 0 Å². The molecule has 0 fully saturated rings. The van der Waals surface area contributed by atoms with Crippen LogP contribution in [-0.2, 0) is 0 Å². The summed E-state index contributed by atoms with van der Waals surface area (Å²) in [6.07, 6.45) is 0. The summed E-state index contributed by atoms with van der Waals surface area (Å²) in [6, 6.07) is 0. The Bertz CT molecular complexity index is 16.4. The van der Waals surface area contributed by atoms with Gasteiger partial charge in [0.05, 0.1) is 0 Å². The van der Waals surface area contributed by atoms with Gasteiger partial charge in [-0.3, -0.25) is 0 Å². The molecule has 7 heavy (non-hydrogen) atoms. The molecule has 0 aromatic heterocycles. The zero-order valence-corrected chi connectivity index (χ0v) is 7.75. The predicted molar refractivity (Wildman–Crippen MR) is 24.3 cm³/mol. The van der Waals surface area contributed by atoms with Gasteiger partial charge in [-0.15, -0.1) is 0 Å². The number of hydrogen-bond acceptors (Lipinski definition) is 3. The second-order valence-electron chi connectivity index (χ2n) is 0.238. The largest absolute Gasteiger partial charge is 2.00 e. The van der Waals surface area contributed by atoms with Crippen molar-refractivity contribution in [2.24, 2.45) is 0 Å². The molecular formula is H3AlCaO4P. The van der Waals surface area contributed by atoms with Crippen molar-refractivity contribution in [3.63, 3.8) is 0 Å². The van der Waals surface area contributed by atoms with Crippen LogP contribution >= 0.6 is 8.60 Å². The molecule has 37 valence electrons. The Morgan fingerprint density at radius 1 is 1.29 bits per heavy atom. The summed E-state index contributed by atoms with van der Waals surface area (Å²) >= 11 is 0. The first-order chi connectivity index (χ1) is 1.73. The van der Waals surface area contributed by atoms with Gasteiger partial charge in [0, 0.05) is 17.4 Å². The van der Waals surface area contributed by atoms with E-state index in [1.165, 1.54) is 0 Å². The van der Waals surface area contributed by atoms with Crippen LogP contribution in [0.15, 0.2) is 0 Å². The van der Waals surface area contributed by atoms with E-state index in [0.29, 0.717) is 0 Å². The standard InChI is InChI=1S/Al.Ca.HO3P.H2O/c;;1-4(2)3;/h;;1H;1H2/q;+2;-2;. The zero-order valence-electron chi connectivity index (χ0n) is 3.50. The van der Waals surface area contributed by atoms with E-state index in [1.807, 2.05) is 0 Å². The van der Waals surface area contributed by atoms with Gasteiger partial charge < -0.3 is 20.2 Å². The molecule has 0 heterocycles. The Morgan fingerprint density at radius 3 is 1.29 bits per heavy atom. The first kappa shape index (κ1) is 23.0. The maximum atomic E-state index is 8.59. The van der Waals surface area contributed by atoms with Crippen molar-refractivity contribution >= 4 is 63.7 Å². The molecule has 0 aliphatic heterocycles. The van der Waals surface area contributed by atoms with Crippen LogP contribution in [0.25, 0.3) is 0 Å². The molecule has 0 aromatic rings. The molecule has 0 aliphatic rings. The van der Waals surface area contributed by atoms with Gasteiger partial charge >= 0.3 is 37.7 Å². The van der Waals surface area contributed by atoms with E-state index in [-0.39, 0.29) is 60.6 Å². The second-order valence-corrected chi connectivity index (χ2v) is 0.714. The van der Waals surface area contributed by atoms with Gasteiger partial charge in [-0.1, -0.05) is 0 Å². The van der Waals surface area contributed by atoms with E-state index < -0.39 is 8.60 Å². The van der Waals surface area contributed by atoms with Crippen LogP contribution in [0.1, 0.15) is 0 Å². The molecule has 0 aliphatic carbocycles.